The molecule has 2 N–H and O–H groups in total. The molecule has 216 valence electrons. The maximum atomic E-state index is 13.4. The Morgan fingerprint density at radius 2 is 1.68 bits per heavy atom. The topological polar surface area (TPSA) is 134 Å². The summed E-state index contributed by atoms with van der Waals surface area (Å²) in [6.07, 6.45) is 3.27. The quantitative estimate of drug-likeness (QED) is 0.226. The van der Waals surface area contributed by atoms with Gasteiger partial charge in [-0.2, -0.15) is 0 Å². The molecule has 0 fully saturated rings. The lowest BCUT2D eigenvalue weighted by molar-refractivity contribution is -0.122. The summed E-state index contributed by atoms with van der Waals surface area (Å²) in [5.74, 6) is 1.39. The molecule has 0 radical (unpaired) electrons. The second kappa shape index (κ2) is 14.0. The van der Waals surface area contributed by atoms with Crippen molar-refractivity contribution in [2.75, 3.05) is 20.8 Å². The Balaban J connectivity index is 1.38. The molecule has 0 unspecified atom stereocenters. The van der Waals surface area contributed by atoms with Gasteiger partial charge < -0.3 is 24.5 Å². The van der Waals surface area contributed by atoms with E-state index in [1.807, 2.05) is 12.1 Å². The van der Waals surface area contributed by atoms with Crippen LogP contribution in [0.1, 0.15) is 30.6 Å². The second-order valence-corrected chi connectivity index (χ2v) is 9.45. The zero-order valence-corrected chi connectivity index (χ0v) is 23.2. The van der Waals surface area contributed by atoms with Gasteiger partial charge in [0.25, 0.3) is 5.56 Å². The first-order chi connectivity index (χ1) is 19.9. The number of amides is 2. The molecule has 2 aromatic heterocycles. The summed E-state index contributed by atoms with van der Waals surface area (Å²) < 4.78 is 18.2. The van der Waals surface area contributed by atoms with E-state index < -0.39 is 11.2 Å². The largest absolute Gasteiger partial charge is 0.493 e. The van der Waals surface area contributed by atoms with Crippen molar-refractivity contribution in [3.05, 3.63) is 93.0 Å². The molecular formula is C30H34N4O7. The Labute approximate surface area is 236 Å². The van der Waals surface area contributed by atoms with Crippen molar-refractivity contribution >= 4 is 22.7 Å². The van der Waals surface area contributed by atoms with Gasteiger partial charge in [-0.05, 0) is 61.2 Å². The number of rotatable bonds is 14. The van der Waals surface area contributed by atoms with Gasteiger partial charge in [-0.1, -0.05) is 18.2 Å². The summed E-state index contributed by atoms with van der Waals surface area (Å²) in [7, 11) is 3.13. The molecule has 2 aromatic carbocycles. The van der Waals surface area contributed by atoms with Gasteiger partial charge in [-0.3, -0.25) is 23.5 Å². The molecule has 0 saturated heterocycles. The van der Waals surface area contributed by atoms with Crippen LogP contribution in [0.25, 0.3) is 10.9 Å². The van der Waals surface area contributed by atoms with Crippen molar-refractivity contribution in [1.82, 2.24) is 19.8 Å². The SMILES string of the molecule is COc1ccc(CCNC(=O)Cn2c(=O)n(CCCCC(=O)NCc3ccco3)c(=O)c3ccccc32)cc1OC. The Kier molecular flexibility index (Phi) is 9.98. The lowest BCUT2D eigenvalue weighted by Gasteiger charge is -2.14. The number of ether oxygens (including phenoxy) is 2. The molecule has 0 bridgehead atoms. The van der Waals surface area contributed by atoms with Crippen molar-refractivity contribution in [3.8, 4) is 11.5 Å². The summed E-state index contributed by atoms with van der Waals surface area (Å²) in [6.45, 7) is 0.551. The number of nitrogens with one attached hydrogen (secondary N) is 2. The molecule has 0 spiro atoms. The van der Waals surface area contributed by atoms with Crippen LogP contribution >= 0.6 is 0 Å². The highest BCUT2D eigenvalue weighted by atomic mass is 16.5. The van der Waals surface area contributed by atoms with E-state index in [1.165, 1.54) is 4.57 Å². The zero-order chi connectivity index (χ0) is 29.2. The average molecular weight is 563 g/mol. The van der Waals surface area contributed by atoms with Gasteiger partial charge in [0.2, 0.25) is 11.8 Å². The predicted molar refractivity (Wildman–Crippen MR) is 153 cm³/mol. The fraction of sp³-hybridized carbons (Fsp3) is 0.333. The van der Waals surface area contributed by atoms with Gasteiger partial charge in [-0.15, -0.1) is 0 Å². The highest BCUT2D eigenvalue weighted by Gasteiger charge is 2.15. The van der Waals surface area contributed by atoms with E-state index in [2.05, 4.69) is 10.6 Å². The van der Waals surface area contributed by atoms with Gasteiger partial charge in [0.05, 0.1) is 37.9 Å². The third-order valence-electron chi connectivity index (χ3n) is 6.69. The minimum atomic E-state index is -0.564. The van der Waals surface area contributed by atoms with Crippen LogP contribution in [0.2, 0.25) is 0 Å². The highest BCUT2D eigenvalue weighted by molar-refractivity contribution is 5.81. The van der Waals surface area contributed by atoms with Crippen molar-refractivity contribution < 1.29 is 23.5 Å². The summed E-state index contributed by atoms with van der Waals surface area (Å²) in [5, 5.41) is 5.97. The van der Waals surface area contributed by atoms with Gasteiger partial charge in [0.15, 0.2) is 11.5 Å². The molecule has 2 heterocycles. The second-order valence-electron chi connectivity index (χ2n) is 9.45. The monoisotopic (exact) mass is 562 g/mol. The number of benzene rings is 2. The summed E-state index contributed by atoms with van der Waals surface area (Å²) in [6, 6.07) is 15.8. The summed E-state index contributed by atoms with van der Waals surface area (Å²) in [5.41, 5.74) is 0.365. The smallest absolute Gasteiger partial charge is 0.331 e. The molecule has 11 nitrogen and oxygen atoms in total. The van der Waals surface area contributed by atoms with Gasteiger partial charge in [0.1, 0.15) is 12.3 Å². The molecule has 0 saturated carbocycles. The van der Waals surface area contributed by atoms with Crippen LogP contribution in [0.4, 0.5) is 0 Å². The van der Waals surface area contributed by atoms with Crippen LogP contribution < -0.4 is 31.4 Å². The molecular weight excluding hydrogens is 528 g/mol. The third-order valence-corrected chi connectivity index (χ3v) is 6.69. The maximum Gasteiger partial charge on any atom is 0.331 e. The molecule has 4 rings (SSSR count). The van der Waals surface area contributed by atoms with Crippen molar-refractivity contribution in [2.45, 2.75) is 45.3 Å². The Hall–Kier alpha value is -4.80. The highest BCUT2D eigenvalue weighted by Crippen LogP contribution is 2.27. The number of carbonyl (C=O) groups excluding carboxylic acids is 2. The number of methoxy groups -OCH3 is 2. The molecule has 0 aliphatic heterocycles. The number of furan rings is 1. The van der Waals surface area contributed by atoms with Gasteiger partial charge in [-0.25, -0.2) is 4.79 Å². The van der Waals surface area contributed by atoms with Crippen LogP contribution in [-0.2, 0) is 35.6 Å². The van der Waals surface area contributed by atoms with E-state index in [-0.39, 0.29) is 31.3 Å². The third kappa shape index (κ3) is 7.44. The lowest BCUT2D eigenvalue weighted by Crippen LogP contribution is -2.43. The van der Waals surface area contributed by atoms with E-state index in [9.17, 15) is 19.2 Å². The molecule has 41 heavy (non-hydrogen) atoms. The minimum Gasteiger partial charge on any atom is -0.493 e. The minimum absolute atomic E-state index is 0.134. The first-order valence-electron chi connectivity index (χ1n) is 13.4. The number of para-hydroxylation sites is 1. The van der Waals surface area contributed by atoms with Crippen molar-refractivity contribution in [3.63, 3.8) is 0 Å². The van der Waals surface area contributed by atoms with E-state index >= 15 is 0 Å². The molecule has 0 aliphatic rings. The van der Waals surface area contributed by atoms with E-state index in [1.54, 1.807) is 62.9 Å². The number of carbonyl (C=O) groups is 2. The van der Waals surface area contributed by atoms with Crippen LogP contribution in [-0.4, -0.2) is 41.7 Å². The Bertz CT molecular complexity index is 1610. The van der Waals surface area contributed by atoms with Crippen molar-refractivity contribution in [1.29, 1.82) is 0 Å². The molecule has 11 heteroatoms. The Morgan fingerprint density at radius 1 is 0.878 bits per heavy atom. The maximum absolute atomic E-state index is 13.4. The normalized spacial score (nSPS) is 10.9. The van der Waals surface area contributed by atoms with Crippen LogP contribution in [0.15, 0.2) is 74.9 Å². The van der Waals surface area contributed by atoms with Crippen LogP contribution in [0.5, 0.6) is 11.5 Å². The van der Waals surface area contributed by atoms with E-state index in [4.69, 9.17) is 13.9 Å². The number of hydrogen-bond donors (Lipinski definition) is 2. The average Bonchev–Trinajstić information content (AvgIpc) is 3.51. The van der Waals surface area contributed by atoms with Crippen LogP contribution in [0, 0.1) is 0 Å². The van der Waals surface area contributed by atoms with Gasteiger partial charge in [0, 0.05) is 19.5 Å². The lowest BCUT2D eigenvalue weighted by atomic mass is 10.1. The van der Waals surface area contributed by atoms with E-state index in [0.717, 1.165) is 10.1 Å². The molecule has 0 atom stereocenters. The standard InChI is InChI=1S/C30H34N4O7/c1-39-25-13-12-21(18-26(25)40-2)14-15-31-28(36)20-34-24-10-4-3-9-23(24)29(37)33(30(34)38)16-6-5-11-27(35)32-19-22-8-7-17-41-22/h3-4,7-10,12-13,17-18H,5-6,11,14-16,19-20H2,1-2H3,(H,31,36)(H,32,35). The molecule has 4 aromatic rings. The number of aromatic nitrogens is 2. The molecule has 2 amide bonds. The molecule has 0 aliphatic carbocycles. The van der Waals surface area contributed by atoms with Gasteiger partial charge >= 0.3 is 5.69 Å². The van der Waals surface area contributed by atoms with Crippen LogP contribution in [0.3, 0.4) is 0 Å². The number of nitrogens with zero attached hydrogens (tertiary/aromatic N) is 2. The van der Waals surface area contributed by atoms with Crippen molar-refractivity contribution in [2.24, 2.45) is 0 Å². The predicted octanol–water partition coefficient (Wildman–Crippen LogP) is 2.62. The first-order valence-corrected chi connectivity index (χ1v) is 13.4. The number of hydrogen-bond acceptors (Lipinski definition) is 7. The number of fused-ring (bicyclic) bond motifs is 1. The Morgan fingerprint density at radius 3 is 2.44 bits per heavy atom. The fourth-order valence-electron chi connectivity index (χ4n) is 4.55. The number of unbranched alkanes of at least 4 members (excludes halogenated alkanes) is 1. The zero-order valence-electron chi connectivity index (χ0n) is 23.2. The fourth-order valence-corrected chi connectivity index (χ4v) is 4.55. The summed E-state index contributed by atoms with van der Waals surface area (Å²) >= 11 is 0. The first kappa shape index (κ1) is 29.2. The summed E-state index contributed by atoms with van der Waals surface area (Å²) in [4.78, 5) is 51.4. The van der Waals surface area contributed by atoms with E-state index in [0.29, 0.717) is 60.5 Å².